The molecule has 0 saturated heterocycles. The maximum Gasteiger partial charge on any atom is 0.310 e. The van der Waals surface area contributed by atoms with E-state index in [0.717, 1.165) is 12.8 Å². The Bertz CT molecular complexity index is 426. The normalized spacial score (nSPS) is 19.1. The number of hydrogen-bond acceptors (Lipinski definition) is 2. The molecule has 1 aliphatic rings. The minimum absolute atomic E-state index is 0.310. The summed E-state index contributed by atoms with van der Waals surface area (Å²) in [6.45, 7) is 4.01. The number of hydrogen-bond donors (Lipinski definition) is 2. The van der Waals surface area contributed by atoms with Crippen LogP contribution in [0, 0.1) is 5.41 Å². The molecule has 3 heteroatoms. The average molecular weight is 233 g/mol. The van der Waals surface area contributed by atoms with Crippen LogP contribution in [-0.4, -0.2) is 17.6 Å². The van der Waals surface area contributed by atoms with E-state index in [1.54, 1.807) is 13.8 Å². The summed E-state index contributed by atoms with van der Waals surface area (Å²) < 4.78 is 0. The number of aryl methyl sites for hydroxylation is 1. The molecule has 0 aliphatic heterocycles. The van der Waals surface area contributed by atoms with E-state index in [0.29, 0.717) is 12.6 Å². The Morgan fingerprint density at radius 3 is 2.88 bits per heavy atom. The largest absolute Gasteiger partial charge is 0.481 e. The molecule has 92 valence electrons. The number of fused-ring (bicyclic) bond motifs is 1. The molecule has 17 heavy (non-hydrogen) atoms. The standard InChI is InChI=1S/C14H19NO2/c1-14(2,13(16)17)9-15-12-8-7-10-5-3-4-6-11(10)12/h3-6,12,15H,7-9H2,1-2H3,(H,16,17). The molecule has 0 amide bonds. The molecule has 0 heterocycles. The highest BCUT2D eigenvalue weighted by Gasteiger charge is 2.29. The van der Waals surface area contributed by atoms with Crippen LogP contribution in [-0.2, 0) is 11.2 Å². The molecule has 1 aliphatic carbocycles. The number of aliphatic carboxylic acids is 1. The molecule has 2 N–H and O–H groups in total. The smallest absolute Gasteiger partial charge is 0.310 e. The SMILES string of the molecule is CC(C)(CNC1CCc2ccccc21)C(=O)O. The summed E-state index contributed by atoms with van der Waals surface area (Å²) in [5.41, 5.74) is 2.00. The minimum Gasteiger partial charge on any atom is -0.481 e. The van der Waals surface area contributed by atoms with Gasteiger partial charge in [-0.15, -0.1) is 0 Å². The van der Waals surface area contributed by atoms with Crippen molar-refractivity contribution in [2.45, 2.75) is 32.7 Å². The van der Waals surface area contributed by atoms with Crippen LogP contribution >= 0.6 is 0 Å². The Kier molecular flexibility index (Phi) is 3.20. The van der Waals surface area contributed by atoms with Gasteiger partial charge in [-0.3, -0.25) is 4.79 Å². The third-order valence-corrected chi connectivity index (χ3v) is 3.50. The second kappa shape index (κ2) is 4.49. The summed E-state index contributed by atoms with van der Waals surface area (Å²) in [7, 11) is 0. The van der Waals surface area contributed by atoms with Gasteiger partial charge in [0.15, 0.2) is 0 Å². The molecular weight excluding hydrogens is 214 g/mol. The first-order valence-electron chi connectivity index (χ1n) is 6.05. The summed E-state index contributed by atoms with van der Waals surface area (Å²) in [6.07, 6.45) is 2.15. The van der Waals surface area contributed by atoms with Crippen LogP contribution in [0.15, 0.2) is 24.3 Å². The first-order valence-corrected chi connectivity index (χ1v) is 6.05. The molecular formula is C14H19NO2. The second-order valence-corrected chi connectivity index (χ2v) is 5.36. The van der Waals surface area contributed by atoms with Gasteiger partial charge < -0.3 is 10.4 Å². The Morgan fingerprint density at radius 2 is 2.18 bits per heavy atom. The van der Waals surface area contributed by atoms with E-state index in [2.05, 4.69) is 23.5 Å². The highest BCUT2D eigenvalue weighted by molar-refractivity contribution is 5.73. The highest BCUT2D eigenvalue weighted by atomic mass is 16.4. The zero-order valence-corrected chi connectivity index (χ0v) is 10.4. The lowest BCUT2D eigenvalue weighted by Gasteiger charge is -2.23. The first kappa shape index (κ1) is 12.1. The number of nitrogens with one attached hydrogen (secondary N) is 1. The van der Waals surface area contributed by atoms with Gasteiger partial charge in [0.2, 0.25) is 0 Å². The van der Waals surface area contributed by atoms with E-state index in [4.69, 9.17) is 5.11 Å². The van der Waals surface area contributed by atoms with Crippen LogP contribution in [0.3, 0.4) is 0 Å². The van der Waals surface area contributed by atoms with E-state index in [9.17, 15) is 4.79 Å². The maximum absolute atomic E-state index is 11.0. The van der Waals surface area contributed by atoms with Crippen LogP contribution in [0.4, 0.5) is 0 Å². The van der Waals surface area contributed by atoms with Crippen molar-refractivity contribution in [3.8, 4) is 0 Å². The molecule has 0 fully saturated rings. The lowest BCUT2D eigenvalue weighted by molar-refractivity contribution is -0.146. The minimum atomic E-state index is -0.753. The van der Waals surface area contributed by atoms with Crippen molar-refractivity contribution in [1.29, 1.82) is 0 Å². The zero-order chi connectivity index (χ0) is 12.5. The lowest BCUT2D eigenvalue weighted by atomic mass is 9.93. The van der Waals surface area contributed by atoms with Gasteiger partial charge in [0.1, 0.15) is 0 Å². The van der Waals surface area contributed by atoms with Gasteiger partial charge in [0, 0.05) is 12.6 Å². The highest BCUT2D eigenvalue weighted by Crippen LogP contribution is 2.31. The van der Waals surface area contributed by atoms with Gasteiger partial charge in [-0.2, -0.15) is 0 Å². The number of benzene rings is 1. The van der Waals surface area contributed by atoms with Gasteiger partial charge in [-0.05, 0) is 37.8 Å². The van der Waals surface area contributed by atoms with Crippen molar-refractivity contribution < 1.29 is 9.90 Å². The van der Waals surface area contributed by atoms with Crippen molar-refractivity contribution >= 4 is 5.97 Å². The van der Waals surface area contributed by atoms with Gasteiger partial charge in [0.25, 0.3) is 0 Å². The second-order valence-electron chi connectivity index (χ2n) is 5.36. The van der Waals surface area contributed by atoms with Crippen LogP contribution in [0.1, 0.15) is 37.4 Å². The monoisotopic (exact) mass is 233 g/mol. The first-order chi connectivity index (χ1) is 8.00. The van der Waals surface area contributed by atoms with Crippen LogP contribution < -0.4 is 5.32 Å². The summed E-state index contributed by atoms with van der Waals surface area (Å²) in [5, 5.41) is 12.4. The number of carboxylic acids is 1. The molecule has 1 atom stereocenters. The summed E-state index contributed by atoms with van der Waals surface area (Å²) in [6, 6.07) is 8.70. The molecule has 0 bridgehead atoms. The van der Waals surface area contributed by atoms with Gasteiger partial charge in [-0.1, -0.05) is 24.3 Å². The molecule has 1 aromatic carbocycles. The van der Waals surface area contributed by atoms with E-state index in [-0.39, 0.29) is 0 Å². The molecule has 2 rings (SSSR count). The molecule has 3 nitrogen and oxygen atoms in total. The molecule has 0 saturated carbocycles. The Labute approximate surface area is 102 Å². The third kappa shape index (κ3) is 2.50. The lowest BCUT2D eigenvalue weighted by Crippen LogP contribution is -2.37. The van der Waals surface area contributed by atoms with Crippen molar-refractivity contribution in [3.63, 3.8) is 0 Å². The van der Waals surface area contributed by atoms with Crippen LogP contribution in [0.5, 0.6) is 0 Å². The Hall–Kier alpha value is -1.35. The van der Waals surface area contributed by atoms with Crippen molar-refractivity contribution in [2.75, 3.05) is 6.54 Å². The predicted molar refractivity (Wildman–Crippen MR) is 66.9 cm³/mol. The average Bonchev–Trinajstić information content (AvgIpc) is 2.69. The summed E-state index contributed by atoms with van der Waals surface area (Å²) >= 11 is 0. The van der Waals surface area contributed by atoms with E-state index >= 15 is 0 Å². The predicted octanol–water partition coefficient (Wildman–Crippen LogP) is 2.37. The van der Waals surface area contributed by atoms with Crippen molar-refractivity contribution in [2.24, 2.45) is 5.41 Å². The number of carbonyl (C=O) groups is 1. The molecule has 0 radical (unpaired) electrons. The fraction of sp³-hybridized carbons (Fsp3) is 0.500. The fourth-order valence-electron chi connectivity index (χ4n) is 2.22. The topological polar surface area (TPSA) is 49.3 Å². The Balaban J connectivity index is 2.01. The van der Waals surface area contributed by atoms with E-state index < -0.39 is 11.4 Å². The van der Waals surface area contributed by atoms with Crippen LogP contribution in [0.25, 0.3) is 0 Å². The van der Waals surface area contributed by atoms with Gasteiger partial charge >= 0.3 is 5.97 Å². The molecule has 0 aromatic heterocycles. The molecule has 1 unspecified atom stereocenters. The number of rotatable bonds is 4. The van der Waals surface area contributed by atoms with Crippen molar-refractivity contribution in [1.82, 2.24) is 5.32 Å². The summed E-state index contributed by atoms with van der Waals surface area (Å²) in [4.78, 5) is 11.0. The van der Waals surface area contributed by atoms with Crippen molar-refractivity contribution in [3.05, 3.63) is 35.4 Å². The molecule has 0 spiro atoms. The summed E-state index contributed by atoms with van der Waals surface area (Å²) in [5.74, 6) is -0.753. The molecule has 1 aromatic rings. The maximum atomic E-state index is 11.0. The fourth-order valence-corrected chi connectivity index (χ4v) is 2.22. The quantitative estimate of drug-likeness (QED) is 0.839. The number of carboxylic acid groups (broad SMARTS) is 1. The van der Waals surface area contributed by atoms with Gasteiger partial charge in [-0.25, -0.2) is 0 Å². The van der Waals surface area contributed by atoms with Gasteiger partial charge in [0.05, 0.1) is 5.41 Å². The van der Waals surface area contributed by atoms with E-state index in [1.165, 1.54) is 11.1 Å². The van der Waals surface area contributed by atoms with Crippen LogP contribution in [0.2, 0.25) is 0 Å². The third-order valence-electron chi connectivity index (χ3n) is 3.50. The van der Waals surface area contributed by atoms with E-state index in [1.807, 2.05) is 6.07 Å². The Morgan fingerprint density at radius 1 is 1.47 bits per heavy atom. The zero-order valence-electron chi connectivity index (χ0n) is 10.4.